The van der Waals surface area contributed by atoms with E-state index in [4.69, 9.17) is 4.74 Å². The Morgan fingerprint density at radius 1 is 1.22 bits per heavy atom. The second-order valence-corrected chi connectivity index (χ2v) is 7.28. The van der Waals surface area contributed by atoms with Gasteiger partial charge in [0.2, 0.25) is 5.91 Å². The quantitative estimate of drug-likeness (QED) is 0.623. The van der Waals surface area contributed by atoms with Crippen LogP contribution in [0.25, 0.3) is 5.69 Å². The van der Waals surface area contributed by atoms with Crippen molar-refractivity contribution in [2.24, 2.45) is 0 Å². The molecule has 0 fully saturated rings. The number of rotatable bonds is 7. The molecule has 1 aromatic heterocycles. The molecular weight excluding hydrogens is 360 g/mol. The Balaban J connectivity index is 1.67. The number of carbonyl (C=O) groups excluding carboxylic acids is 1. The number of thioether (sulfide) groups is 1. The lowest BCUT2D eigenvalue weighted by molar-refractivity contribution is -0.115. The second kappa shape index (κ2) is 8.73. The largest absolute Gasteiger partial charge is 0.494 e. The zero-order valence-electron chi connectivity index (χ0n) is 15.5. The van der Waals surface area contributed by atoms with Gasteiger partial charge in [-0.2, -0.15) is 0 Å². The number of amides is 1. The van der Waals surface area contributed by atoms with Crippen LogP contribution in [0, 0.1) is 6.92 Å². The van der Waals surface area contributed by atoms with Crippen molar-refractivity contribution in [3.05, 3.63) is 60.4 Å². The van der Waals surface area contributed by atoms with E-state index in [9.17, 15) is 4.79 Å². The standard InChI is InChI=1S/C20H22N4O2S/c1-4-26-17-11-9-16(10-12-17)22-19(25)15(3)27-20-23-21-13-24(20)18-8-6-5-7-14(18)2/h5-13,15H,4H2,1-3H3,(H,22,25). The van der Waals surface area contributed by atoms with Crippen LogP contribution in [0.1, 0.15) is 19.4 Å². The molecule has 1 atom stereocenters. The van der Waals surface area contributed by atoms with E-state index in [1.807, 2.05) is 73.9 Å². The van der Waals surface area contributed by atoms with E-state index in [2.05, 4.69) is 15.5 Å². The maximum atomic E-state index is 12.5. The molecule has 1 amide bonds. The lowest BCUT2D eigenvalue weighted by atomic mass is 10.2. The van der Waals surface area contributed by atoms with E-state index in [0.717, 1.165) is 22.7 Å². The highest BCUT2D eigenvalue weighted by atomic mass is 32.2. The van der Waals surface area contributed by atoms with E-state index in [-0.39, 0.29) is 11.2 Å². The van der Waals surface area contributed by atoms with Crippen molar-refractivity contribution >= 4 is 23.4 Å². The van der Waals surface area contributed by atoms with Crippen molar-refractivity contribution in [1.82, 2.24) is 14.8 Å². The third-order valence-corrected chi connectivity index (χ3v) is 5.03. The molecule has 0 saturated carbocycles. The third kappa shape index (κ3) is 4.68. The van der Waals surface area contributed by atoms with Crippen molar-refractivity contribution in [3.63, 3.8) is 0 Å². The van der Waals surface area contributed by atoms with Gasteiger partial charge in [-0.05, 0) is 56.7 Å². The van der Waals surface area contributed by atoms with Crippen LogP contribution in [-0.4, -0.2) is 32.5 Å². The Kier molecular flexibility index (Phi) is 6.13. The van der Waals surface area contributed by atoms with Crippen LogP contribution in [0.15, 0.2) is 60.0 Å². The third-order valence-electron chi connectivity index (χ3n) is 3.98. The molecule has 0 bridgehead atoms. The number of hydrogen-bond acceptors (Lipinski definition) is 5. The van der Waals surface area contributed by atoms with E-state index in [1.165, 1.54) is 11.8 Å². The molecule has 6 nitrogen and oxygen atoms in total. The Labute approximate surface area is 163 Å². The Morgan fingerprint density at radius 2 is 1.96 bits per heavy atom. The Bertz CT molecular complexity index is 908. The van der Waals surface area contributed by atoms with Gasteiger partial charge in [-0.3, -0.25) is 9.36 Å². The number of aromatic nitrogens is 3. The van der Waals surface area contributed by atoms with Crippen molar-refractivity contribution < 1.29 is 9.53 Å². The molecule has 0 saturated heterocycles. The number of nitrogens with zero attached hydrogens (tertiary/aromatic N) is 3. The van der Waals surface area contributed by atoms with Gasteiger partial charge in [-0.1, -0.05) is 30.0 Å². The van der Waals surface area contributed by atoms with Gasteiger partial charge < -0.3 is 10.1 Å². The molecule has 3 aromatic rings. The molecule has 0 spiro atoms. The molecule has 1 heterocycles. The van der Waals surface area contributed by atoms with Crippen molar-refractivity contribution in [2.75, 3.05) is 11.9 Å². The van der Waals surface area contributed by atoms with Gasteiger partial charge in [0.25, 0.3) is 0 Å². The molecule has 2 aromatic carbocycles. The molecule has 27 heavy (non-hydrogen) atoms. The summed E-state index contributed by atoms with van der Waals surface area (Å²) in [6.07, 6.45) is 1.67. The summed E-state index contributed by atoms with van der Waals surface area (Å²) in [6, 6.07) is 15.3. The molecular formula is C20H22N4O2S. The van der Waals surface area contributed by atoms with Crippen LogP contribution in [0.4, 0.5) is 5.69 Å². The summed E-state index contributed by atoms with van der Waals surface area (Å²) in [4.78, 5) is 12.5. The summed E-state index contributed by atoms with van der Waals surface area (Å²) >= 11 is 1.37. The summed E-state index contributed by atoms with van der Waals surface area (Å²) in [6.45, 7) is 6.43. The second-order valence-electron chi connectivity index (χ2n) is 5.98. The highest BCUT2D eigenvalue weighted by molar-refractivity contribution is 8.00. The fourth-order valence-corrected chi connectivity index (χ4v) is 3.40. The van der Waals surface area contributed by atoms with Crippen molar-refractivity contribution in [2.45, 2.75) is 31.2 Å². The van der Waals surface area contributed by atoms with E-state index < -0.39 is 0 Å². The van der Waals surface area contributed by atoms with Gasteiger partial charge in [-0.15, -0.1) is 10.2 Å². The highest BCUT2D eigenvalue weighted by Gasteiger charge is 2.19. The molecule has 1 unspecified atom stereocenters. The van der Waals surface area contributed by atoms with Gasteiger partial charge in [0.05, 0.1) is 17.5 Å². The summed E-state index contributed by atoms with van der Waals surface area (Å²) in [5.74, 6) is 0.688. The number of hydrogen-bond donors (Lipinski definition) is 1. The van der Waals surface area contributed by atoms with Crippen LogP contribution < -0.4 is 10.1 Å². The minimum Gasteiger partial charge on any atom is -0.494 e. The molecule has 140 valence electrons. The molecule has 0 aliphatic rings. The van der Waals surface area contributed by atoms with Crippen molar-refractivity contribution in [1.29, 1.82) is 0 Å². The maximum Gasteiger partial charge on any atom is 0.237 e. The number of anilines is 1. The fraction of sp³-hybridized carbons (Fsp3) is 0.250. The molecule has 3 rings (SSSR count). The molecule has 0 aliphatic heterocycles. The minimum absolute atomic E-state index is 0.0940. The zero-order valence-corrected chi connectivity index (χ0v) is 16.4. The normalized spacial score (nSPS) is 11.8. The monoisotopic (exact) mass is 382 g/mol. The van der Waals surface area contributed by atoms with Gasteiger partial charge in [0.15, 0.2) is 5.16 Å². The number of ether oxygens (including phenoxy) is 1. The van der Waals surface area contributed by atoms with Crippen LogP contribution in [0.5, 0.6) is 5.75 Å². The number of para-hydroxylation sites is 1. The first-order valence-corrected chi connectivity index (χ1v) is 9.63. The number of nitrogens with one attached hydrogen (secondary N) is 1. The van der Waals surface area contributed by atoms with Gasteiger partial charge in [0, 0.05) is 5.69 Å². The zero-order chi connectivity index (χ0) is 19.2. The average molecular weight is 382 g/mol. The molecule has 0 aliphatic carbocycles. The lowest BCUT2D eigenvalue weighted by Crippen LogP contribution is -2.22. The smallest absolute Gasteiger partial charge is 0.237 e. The minimum atomic E-state index is -0.330. The maximum absolute atomic E-state index is 12.5. The number of benzene rings is 2. The van der Waals surface area contributed by atoms with Crippen LogP contribution in [-0.2, 0) is 4.79 Å². The fourth-order valence-electron chi connectivity index (χ4n) is 2.56. The highest BCUT2D eigenvalue weighted by Crippen LogP contribution is 2.26. The first-order chi connectivity index (χ1) is 13.1. The summed E-state index contributed by atoms with van der Waals surface area (Å²) in [7, 11) is 0. The topological polar surface area (TPSA) is 69.0 Å². The van der Waals surface area contributed by atoms with E-state index in [0.29, 0.717) is 11.8 Å². The van der Waals surface area contributed by atoms with Gasteiger partial charge in [0.1, 0.15) is 12.1 Å². The molecule has 1 N–H and O–H groups in total. The number of aryl methyl sites for hydroxylation is 1. The van der Waals surface area contributed by atoms with Crippen LogP contribution >= 0.6 is 11.8 Å². The first kappa shape index (κ1) is 19.0. The average Bonchev–Trinajstić information content (AvgIpc) is 3.11. The van der Waals surface area contributed by atoms with Crippen molar-refractivity contribution in [3.8, 4) is 11.4 Å². The Hall–Kier alpha value is -2.80. The van der Waals surface area contributed by atoms with E-state index in [1.54, 1.807) is 6.33 Å². The predicted octanol–water partition coefficient (Wildman–Crippen LogP) is 4.09. The molecule has 7 heteroatoms. The van der Waals surface area contributed by atoms with Crippen LogP contribution in [0.3, 0.4) is 0 Å². The van der Waals surface area contributed by atoms with Gasteiger partial charge >= 0.3 is 0 Å². The predicted molar refractivity (Wildman–Crippen MR) is 108 cm³/mol. The SMILES string of the molecule is CCOc1ccc(NC(=O)C(C)Sc2nncn2-c2ccccc2C)cc1. The summed E-state index contributed by atoms with van der Waals surface area (Å²) in [5, 5.41) is 11.5. The van der Waals surface area contributed by atoms with E-state index >= 15 is 0 Å². The Morgan fingerprint density at radius 3 is 2.67 bits per heavy atom. The van der Waals surface area contributed by atoms with Gasteiger partial charge in [-0.25, -0.2) is 0 Å². The number of carbonyl (C=O) groups is 1. The summed E-state index contributed by atoms with van der Waals surface area (Å²) < 4.78 is 7.32. The first-order valence-electron chi connectivity index (χ1n) is 8.75. The van der Waals surface area contributed by atoms with Crippen LogP contribution in [0.2, 0.25) is 0 Å². The lowest BCUT2D eigenvalue weighted by Gasteiger charge is -2.13. The molecule has 0 radical (unpaired) electrons. The summed E-state index contributed by atoms with van der Waals surface area (Å²) in [5.41, 5.74) is 2.85.